The molecule has 0 amide bonds. The van der Waals surface area contributed by atoms with Gasteiger partial charge >= 0.3 is 12.1 Å². The zero-order chi connectivity index (χ0) is 23.8. The predicted molar refractivity (Wildman–Crippen MR) is 118 cm³/mol. The molecule has 3 aromatic rings. The number of aromatic carboxylic acids is 1. The van der Waals surface area contributed by atoms with Gasteiger partial charge in [-0.05, 0) is 43.5 Å². The Labute approximate surface area is 191 Å². The minimum Gasteiger partial charge on any atom is -0.478 e. The van der Waals surface area contributed by atoms with Crippen molar-refractivity contribution in [2.45, 2.75) is 31.5 Å². The number of halogens is 4. The zero-order valence-electron chi connectivity index (χ0n) is 17.3. The summed E-state index contributed by atoms with van der Waals surface area (Å²) in [4.78, 5) is 30.6. The molecule has 1 fully saturated rings. The predicted octanol–water partition coefficient (Wildman–Crippen LogP) is 4.75. The lowest BCUT2D eigenvalue weighted by molar-refractivity contribution is -0.143. The average Bonchev–Trinajstić information content (AvgIpc) is 2.77. The van der Waals surface area contributed by atoms with E-state index in [9.17, 15) is 27.9 Å². The Morgan fingerprint density at radius 2 is 1.88 bits per heavy atom. The lowest BCUT2D eigenvalue weighted by atomic mass is 10.1. The molecule has 33 heavy (non-hydrogen) atoms. The van der Waals surface area contributed by atoms with E-state index < -0.39 is 29.3 Å². The first-order chi connectivity index (χ1) is 15.6. The largest absolute Gasteiger partial charge is 0.478 e. The number of nitrogens with zero attached hydrogens (tertiary/aromatic N) is 3. The number of carbonyl (C=O) groups is 1. The van der Waals surface area contributed by atoms with Gasteiger partial charge in [-0.15, -0.1) is 0 Å². The van der Waals surface area contributed by atoms with Crippen LogP contribution in [-0.4, -0.2) is 39.7 Å². The number of alkyl halides is 3. The number of rotatable bonds is 5. The number of aromatic nitrogens is 2. The van der Waals surface area contributed by atoms with E-state index in [1.165, 1.54) is 36.5 Å². The summed E-state index contributed by atoms with van der Waals surface area (Å²) in [6, 6.07) is 5.09. The third-order valence-corrected chi connectivity index (χ3v) is 5.77. The van der Waals surface area contributed by atoms with Gasteiger partial charge in [0.15, 0.2) is 6.04 Å². The maximum atomic E-state index is 14.2. The number of fused-ring (bicyclic) bond motifs is 1. The molecule has 174 valence electrons. The van der Waals surface area contributed by atoms with Gasteiger partial charge in [-0.1, -0.05) is 17.7 Å². The van der Waals surface area contributed by atoms with Crippen molar-refractivity contribution in [3.8, 4) is 0 Å². The van der Waals surface area contributed by atoms with Crippen molar-refractivity contribution >= 4 is 34.7 Å². The first kappa shape index (κ1) is 22.9. The second-order valence-electron chi connectivity index (χ2n) is 7.77. The quantitative estimate of drug-likeness (QED) is 0.548. The molecule has 3 heterocycles. The Bertz CT molecular complexity index is 1260. The maximum absolute atomic E-state index is 14.2. The normalized spacial score (nSPS) is 15.5. The minimum atomic E-state index is -4.82. The summed E-state index contributed by atoms with van der Waals surface area (Å²) < 4.78 is 43.7. The van der Waals surface area contributed by atoms with E-state index in [-0.39, 0.29) is 21.9 Å². The van der Waals surface area contributed by atoms with Crippen LogP contribution < -0.4 is 15.8 Å². The summed E-state index contributed by atoms with van der Waals surface area (Å²) in [5.74, 6) is -1.11. The lowest BCUT2D eigenvalue weighted by Crippen LogP contribution is -2.33. The number of anilines is 2. The summed E-state index contributed by atoms with van der Waals surface area (Å²) in [6.07, 6.45) is -0.613. The molecular formula is C22H20ClF3N4O3. The van der Waals surface area contributed by atoms with Gasteiger partial charge < -0.3 is 15.3 Å². The Balaban J connectivity index is 1.86. The molecule has 0 spiro atoms. The lowest BCUT2D eigenvalue weighted by Gasteiger charge is -2.28. The highest BCUT2D eigenvalue weighted by Gasteiger charge is 2.43. The number of hydrogen-bond donors (Lipinski definition) is 2. The first-order valence-corrected chi connectivity index (χ1v) is 10.7. The summed E-state index contributed by atoms with van der Waals surface area (Å²) in [5, 5.41) is 11.8. The number of pyridine rings is 1. The number of nitrogens with one attached hydrogen (secondary N) is 1. The van der Waals surface area contributed by atoms with Crippen molar-refractivity contribution in [3.63, 3.8) is 0 Å². The molecule has 0 saturated carbocycles. The second-order valence-corrected chi connectivity index (χ2v) is 8.21. The summed E-state index contributed by atoms with van der Waals surface area (Å²) >= 11 is 5.83. The van der Waals surface area contributed by atoms with Crippen molar-refractivity contribution in [2.75, 3.05) is 23.3 Å². The van der Waals surface area contributed by atoms with Gasteiger partial charge in [0.2, 0.25) is 0 Å². The van der Waals surface area contributed by atoms with Gasteiger partial charge in [-0.3, -0.25) is 9.20 Å². The molecule has 1 aromatic carbocycles. The molecule has 11 heteroatoms. The fourth-order valence-corrected chi connectivity index (χ4v) is 4.13. The number of benzene rings is 1. The van der Waals surface area contributed by atoms with Crippen LogP contribution in [0.25, 0.3) is 5.65 Å². The van der Waals surface area contributed by atoms with Gasteiger partial charge in [0.1, 0.15) is 11.5 Å². The van der Waals surface area contributed by atoms with Crippen LogP contribution in [0.4, 0.5) is 24.7 Å². The summed E-state index contributed by atoms with van der Waals surface area (Å²) in [6.45, 7) is 1.33. The first-order valence-electron chi connectivity index (χ1n) is 10.3. The maximum Gasteiger partial charge on any atom is 0.412 e. The van der Waals surface area contributed by atoms with E-state index in [1.807, 2.05) is 4.90 Å². The fourth-order valence-electron chi connectivity index (χ4n) is 3.96. The highest BCUT2D eigenvalue weighted by atomic mass is 35.5. The Morgan fingerprint density at radius 1 is 1.15 bits per heavy atom. The Kier molecular flexibility index (Phi) is 6.20. The van der Waals surface area contributed by atoms with Crippen LogP contribution in [0.2, 0.25) is 5.02 Å². The third kappa shape index (κ3) is 4.75. The Morgan fingerprint density at radius 3 is 2.55 bits per heavy atom. The molecule has 4 rings (SSSR count). The molecule has 0 aliphatic carbocycles. The van der Waals surface area contributed by atoms with Crippen molar-refractivity contribution in [1.82, 2.24) is 9.38 Å². The van der Waals surface area contributed by atoms with Crippen LogP contribution >= 0.6 is 11.6 Å². The molecule has 0 radical (unpaired) electrons. The van der Waals surface area contributed by atoms with E-state index in [4.69, 9.17) is 11.6 Å². The van der Waals surface area contributed by atoms with Gasteiger partial charge in [-0.25, -0.2) is 9.78 Å². The number of carboxylic acids is 1. The minimum absolute atomic E-state index is 0.0751. The molecular weight excluding hydrogens is 461 g/mol. The van der Waals surface area contributed by atoms with Crippen molar-refractivity contribution in [1.29, 1.82) is 0 Å². The van der Waals surface area contributed by atoms with E-state index in [1.54, 1.807) is 0 Å². The highest BCUT2D eigenvalue weighted by molar-refractivity contribution is 6.31. The molecule has 0 unspecified atom stereocenters. The SMILES string of the molecule is O=C(O)c1cc(Cl)ccc1N[C@@H](c1cccn2c(=O)cc(N3CCCCC3)nc12)C(F)(F)F. The molecule has 1 saturated heterocycles. The van der Waals surface area contributed by atoms with Crippen LogP contribution in [0.15, 0.2) is 47.4 Å². The smallest absolute Gasteiger partial charge is 0.412 e. The van der Waals surface area contributed by atoms with Gasteiger partial charge in [-0.2, -0.15) is 13.2 Å². The van der Waals surface area contributed by atoms with E-state index in [2.05, 4.69) is 10.3 Å². The third-order valence-electron chi connectivity index (χ3n) is 5.54. The van der Waals surface area contributed by atoms with Crippen molar-refractivity contribution < 1.29 is 23.1 Å². The number of piperidine rings is 1. The molecule has 1 atom stereocenters. The second kappa shape index (κ2) is 8.93. The topological polar surface area (TPSA) is 86.9 Å². The van der Waals surface area contributed by atoms with E-state index >= 15 is 0 Å². The number of hydrogen-bond acceptors (Lipinski definition) is 5. The van der Waals surface area contributed by atoms with Gasteiger partial charge in [0.25, 0.3) is 5.56 Å². The molecule has 1 aliphatic rings. The van der Waals surface area contributed by atoms with Crippen LogP contribution in [0, 0.1) is 0 Å². The monoisotopic (exact) mass is 480 g/mol. The number of carboxylic acid groups (broad SMARTS) is 1. The summed E-state index contributed by atoms with van der Waals surface area (Å²) in [7, 11) is 0. The average molecular weight is 481 g/mol. The Hall–Kier alpha value is -3.27. The summed E-state index contributed by atoms with van der Waals surface area (Å²) in [5.41, 5.74) is -1.61. The zero-order valence-corrected chi connectivity index (χ0v) is 18.0. The van der Waals surface area contributed by atoms with Gasteiger partial charge in [0, 0.05) is 41.6 Å². The van der Waals surface area contributed by atoms with Crippen LogP contribution in [0.3, 0.4) is 0 Å². The van der Waals surface area contributed by atoms with E-state index in [0.29, 0.717) is 18.9 Å². The standard InChI is InChI=1S/C22H20ClF3N4O3/c23-13-6-7-16(15(11-13)21(32)33)27-19(22(24,25)26)14-5-4-10-30-18(31)12-17(28-20(14)30)29-8-2-1-3-9-29/h4-7,10-12,19,27H,1-3,8-9H2,(H,32,33)/t19-/m0/s1. The highest BCUT2D eigenvalue weighted by Crippen LogP contribution is 2.38. The molecule has 2 N–H and O–H groups in total. The van der Waals surface area contributed by atoms with E-state index in [0.717, 1.165) is 29.7 Å². The van der Waals surface area contributed by atoms with Crippen LogP contribution in [-0.2, 0) is 0 Å². The fraction of sp³-hybridized carbons (Fsp3) is 0.318. The molecule has 1 aliphatic heterocycles. The van der Waals surface area contributed by atoms with Crippen molar-refractivity contribution in [2.24, 2.45) is 0 Å². The molecule has 0 bridgehead atoms. The molecule has 2 aromatic heterocycles. The molecule has 7 nitrogen and oxygen atoms in total. The van der Waals surface area contributed by atoms with Crippen LogP contribution in [0.1, 0.15) is 41.2 Å². The van der Waals surface area contributed by atoms with Crippen LogP contribution in [0.5, 0.6) is 0 Å². The van der Waals surface area contributed by atoms with Crippen molar-refractivity contribution in [3.05, 3.63) is 69.1 Å². The van der Waals surface area contributed by atoms with Gasteiger partial charge in [0.05, 0.1) is 5.56 Å².